The lowest BCUT2D eigenvalue weighted by molar-refractivity contribution is -0.116. The number of carbonyl (C=O) groups excluding carboxylic acids is 1. The predicted molar refractivity (Wildman–Crippen MR) is 95.2 cm³/mol. The molecule has 0 heterocycles. The maximum atomic E-state index is 11.7. The fourth-order valence-corrected chi connectivity index (χ4v) is 1.95. The first-order chi connectivity index (χ1) is 11.6. The van der Waals surface area contributed by atoms with Crippen molar-refractivity contribution >= 4 is 18.2 Å². The number of amides is 1. The fraction of sp³-hybridized carbons (Fsp3) is 0.158. The Hall–Kier alpha value is -3.08. The Morgan fingerprint density at radius 3 is 2.58 bits per heavy atom. The maximum Gasteiger partial charge on any atom is 0.264 e. The summed E-state index contributed by atoms with van der Waals surface area (Å²) >= 11 is 0. The zero-order valence-electron chi connectivity index (χ0n) is 13.7. The molecule has 1 amide bonds. The normalized spacial score (nSPS) is 11.1. The molecular weight excluding hydrogens is 304 g/mol. The number of aryl methyl sites for hydroxylation is 1. The van der Waals surface area contributed by atoms with Crippen LogP contribution in [0.1, 0.15) is 23.6 Å². The molecular formula is C19H20N2O3. The minimum Gasteiger partial charge on any atom is -0.504 e. The molecule has 0 bridgehead atoms. The summed E-state index contributed by atoms with van der Waals surface area (Å²) in [7, 11) is 0. The van der Waals surface area contributed by atoms with E-state index >= 15 is 0 Å². The molecule has 2 N–H and O–H groups in total. The van der Waals surface area contributed by atoms with E-state index in [1.54, 1.807) is 18.2 Å². The predicted octanol–water partition coefficient (Wildman–Crippen LogP) is 3.26. The van der Waals surface area contributed by atoms with Crippen LogP contribution < -0.4 is 10.2 Å². The van der Waals surface area contributed by atoms with Crippen LogP contribution in [-0.2, 0) is 4.79 Å². The van der Waals surface area contributed by atoms with Crippen LogP contribution in [0, 0.1) is 6.92 Å². The Labute approximate surface area is 141 Å². The van der Waals surface area contributed by atoms with Gasteiger partial charge in [0.2, 0.25) is 0 Å². The van der Waals surface area contributed by atoms with E-state index in [0.717, 1.165) is 5.56 Å². The van der Waals surface area contributed by atoms with E-state index in [1.165, 1.54) is 23.9 Å². The molecule has 5 nitrogen and oxygen atoms in total. The number of aromatic hydroxyl groups is 1. The van der Waals surface area contributed by atoms with Crippen molar-refractivity contribution < 1.29 is 14.6 Å². The summed E-state index contributed by atoms with van der Waals surface area (Å²) in [6.07, 6.45) is 4.58. The molecule has 0 radical (unpaired) electrons. The molecule has 0 fully saturated rings. The second-order valence-electron chi connectivity index (χ2n) is 5.14. The molecule has 0 saturated carbocycles. The van der Waals surface area contributed by atoms with Crippen LogP contribution >= 0.6 is 0 Å². The van der Waals surface area contributed by atoms with Crippen molar-refractivity contribution in [3.63, 3.8) is 0 Å². The van der Waals surface area contributed by atoms with Gasteiger partial charge in [0.1, 0.15) is 0 Å². The number of hydrazone groups is 1. The largest absolute Gasteiger partial charge is 0.504 e. The lowest BCUT2D eigenvalue weighted by atomic mass is 10.1. The number of nitrogens with one attached hydrogen (secondary N) is 1. The third kappa shape index (κ3) is 5.28. The van der Waals surface area contributed by atoms with E-state index in [0.29, 0.717) is 17.9 Å². The number of carbonyl (C=O) groups is 1. The van der Waals surface area contributed by atoms with Crippen LogP contribution in [-0.4, -0.2) is 23.8 Å². The molecule has 0 aliphatic rings. The van der Waals surface area contributed by atoms with Gasteiger partial charge in [0.15, 0.2) is 11.5 Å². The Balaban J connectivity index is 1.90. The summed E-state index contributed by atoms with van der Waals surface area (Å²) in [5, 5.41) is 13.6. The number of hydrogen-bond donors (Lipinski definition) is 2. The molecule has 0 saturated heterocycles. The summed E-state index contributed by atoms with van der Waals surface area (Å²) in [5.74, 6) is 0.119. The van der Waals surface area contributed by atoms with Crippen molar-refractivity contribution in [1.29, 1.82) is 0 Å². The lowest BCUT2D eigenvalue weighted by Crippen LogP contribution is -2.14. The quantitative estimate of drug-likeness (QED) is 0.487. The first-order valence-electron chi connectivity index (χ1n) is 7.62. The van der Waals surface area contributed by atoms with Gasteiger partial charge in [-0.3, -0.25) is 4.79 Å². The highest BCUT2D eigenvalue weighted by atomic mass is 16.5. The smallest absolute Gasteiger partial charge is 0.264 e. The van der Waals surface area contributed by atoms with Crippen molar-refractivity contribution in [1.82, 2.24) is 5.43 Å². The summed E-state index contributed by atoms with van der Waals surface area (Å²) in [4.78, 5) is 11.7. The zero-order chi connectivity index (χ0) is 17.4. The zero-order valence-corrected chi connectivity index (χ0v) is 13.7. The third-order valence-electron chi connectivity index (χ3n) is 3.18. The van der Waals surface area contributed by atoms with E-state index in [9.17, 15) is 9.90 Å². The Morgan fingerprint density at radius 2 is 1.92 bits per heavy atom. The minimum atomic E-state index is -0.331. The Bertz CT molecular complexity index is 750. The van der Waals surface area contributed by atoms with Gasteiger partial charge in [0, 0.05) is 6.08 Å². The topological polar surface area (TPSA) is 70.9 Å². The molecule has 2 rings (SSSR count). The number of rotatable bonds is 6. The molecule has 0 atom stereocenters. The minimum absolute atomic E-state index is 0.0337. The van der Waals surface area contributed by atoms with E-state index in [1.807, 2.05) is 38.1 Å². The summed E-state index contributed by atoms with van der Waals surface area (Å²) in [6.45, 7) is 4.33. The van der Waals surface area contributed by atoms with E-state index in [4.69, 9.17) is 4.74 Å². The van der Waals surface area contributed by atoms with Crippen LogP contribution in [0.25, 0.3) is 6.08 Å². The van der Waals surface area contributed by atoms with E-state index in [2.05, 4.69) is 10.5 Å². The van der Waals surface area contributed by atoms with Crippen molar-refractivity contribution in [2.75, 3.05) is 6.61 Å². The highest BCUT2D eigenvalue weighted by Gasteiger charge is 2.01. The van der Waals surface area contributed by atoms with Crippen LogP contribution in [0.5, 0.6) is 11.5 Å². The lowest BCUT2D eigenvalue weighted by Gasteiger charge is -2.05. The molecule has 0 aromatic heterocycles. The maximum absolute atomic E-state index is 11.7. The van der Waals surface area contributed by atoms with Gasteiger partial charge in [0.05, 0.1) is 12.8 Å². The first kappa shape index (κ1) is 17.3. The Kier molecular flexibility index (Phi) is 6.14. The molecule has 5 heteroatoms. The van der Waals surface area contributed by atoms with Crippen molar-refractivity contribution in [3.05, 3.63) is 65.2 Å². The average molecular weight is 324 g/mol. The first-order valence-corrected chi connectivity index (χ1v) is 7.62. The van der Waals surface area contributed by atoms with Crippen LogP contribution in [0.4, 0.5) is 0 Å². The fourth-order valence-electron chi connectivity index (χ4n) is 1.95. The van der Waals surface area contributed by atoms with E-state index in [-0.39, 0.29) is 11.7 Å². The second-order valence-corrected chi connectivity index (χ2v) is 5.14. The molecule has 2 aromatic carbocycles. The molecule has 24 heavy (non-hydrogen) atoms. The average Bonchev–Trinajstić information content (AvgIpc) is 2.57. The molecule has 124 valence electrons. The van der Waals surface area contributed by atoms with Gasteiger partial charge in [-0.25, -0.2) is 5.43 Å². The summed E-state index contributed by atoms with van der Waals surface area (Å²) < 4.78 is 5.24. The van der Waals surface area contributed by atoms with Crippen LogP contribution in [0.2, 0.25) is 0 Å². The standard InChI is InChI=1S/C19H20N2O3/c1-3-24-18-10-8-16(12-17(18)22)13-20-21-19(23)11-9-15-6-4-14(2)5-7-15/h4-13,22H,3H2,1-2H3,(H,21,23)/b11-9+,20-13+. The van der Waals surface area contributed by atoms with Gasteiger partial charge in [-0.05, 0) is 49.2 Å². The van der Waals surface area contributed by atoms with Crippen molar-refractivity contribution in [2.24, 2.45) is 5.10 Å². The highest BCUT2D eigenvalue weighted by molar-refractivity contribution is 5.92. The molecule has 2 aromatic rings. The van der Waals surface area contributed by atoms with Crippen molar-refractivity contribution in [3.8, 4) is 11.5 Å². The molecule has 0 aliphatic carbocycles. The highest BCUT2D eigenvalue weighted by Crippen LogP contribution is 2.25. The number of ether oxygens (including phenoxy) is 1. The van der Waals surface area contributed by atoms with Gasteiger partial charge in [-0.2, -0.15) is 5.10 Å². The van der Waals surface area contributed by atoms with Crippen molar-refractivity contribution in [2.45, 2.75) is 13.8 Å². The molecule has 0 spiro atoms. The molecule has 0 aliphatic heterocycles. The van der Waals surface area contributed by atoms with Gasteiger partial charge in [-0.15, -0.1) is 0 Å². The van der Waals surface area contributed by atoms with Gasteiger partial charge in [-0.1, -0.05) is 29.8 Å². The SMILES string of the molecule is CCOc1ccc(/C=N/NC(=O)/C=C/c2ccc(C)cc2)cc1O. The Morgan fingerprint density at radius 1 is 1.21 bits per heavy atom. The summed E-state index contributed by atoms with van der Waals surface area (Å²) in [5.41, 5.74) is 5.16. The van der Waals surface area contributed by atoms with Gasteiger partial charge < -0.3 is 9.84 Å². The van der Waals surface area contributed by atoms with Crippen LogP contribution in [0.3, 0.4) is 0 Å². The second kappa shape index (κ2) is 8.53. The summed E-state index contributed by atoms with van der Waals surface area (Å²) in [6, 6.07) is 12.7. The number of hydrogen-bond acceptors (Lipinski definition) is 4. The van der Waals surface area contributed by atoms with Crippen LogP contribution in [0.15, 0.2) is 53.6 Å². The number of phenols is 1. The monoisotopic (exact) mass is 324 g/mol. The number of benzene rings is 2. The number of phenolic OH excluding ortho intramolecular Hbond substituents is 1. The molecule has 0 unspecified atom stereocenters. The third-order valence-corrected chi connectivity index (χ3v) is 3.18. The number of nitrogens with zero attached hydrogens (tertiary/aromatic N) is 1. The van der Waals surface area contributed by atoms with E-state index < -0.39 is 0 Å². The van der Waals surface area contributed by atoms with Gasteiger partial charge >= 0.3 is 0 Å². The van der Waals surface area contributed by atoms with Gasteiger partial charge in [0.25, 0.3) is 5.91 Å².